The van der Waals surface area contributed by atoms with Crippen molar-refractivity contribution in [1.82, 2.24) is 15.3 Å². The number of carbonyl (C=O) groups is 1. The van der Waals surface area contributed by atoms with Crippen LogP contribution in [0.5, 0.6) is 5.88 Å². The first-order valence-electron chi connectivity index (χ1n) is 5.58. The molecule has 6 heteroatoms. The Hall–Kier alpha value is -1.85. The van der Waals surface area contributed by atoms with E-state index in [0.29, 0.717) is 18.4 Å². The predicted octanol–water partition coefficient (Wildman–Crippen LogP) is 0.732. The number of carbonyl (C=O) groups excluding carboxylic acids is 1. The van der Waals surface area contributed by atoms with Crippen molar-refractivity contribution in [1.29, 1.82) is 0 Å². The molecule has 1 amide bonds. The average Bonchev–Trinajstić information content (AvgIpc) is 2.32. The van der Waals surface area contributed by atoms with E-state index < -0.39 is 0 Å². The summed E-state index contributed by atoms with van der Waals surface area (Å²) in [7, 11) is 1.58. The Kier molecular flexibility index (Phi) is 5.19. The lowest BCUT2D eigenvalue weighted by atomic mass is 10.4. The molecule has 0 aliphatic rings. The Morgan fingerprint density at radius 3 is 2.88 bits per heavy atom. The number of aryl methyl sites for hydroxylation is 1. The van der Waals surface area contributed by atoms with Gasteiger partial charge < -0.3 is 15.4 Å². The molecule has 0 saturated carbocycles. The molecule has 0 saturated heterocycles. The maximum Gasteiger partial charge on any atom is 0.239 e. The van der Waals surface area contributed by atoms with Gasteiger partial charge in [-0.25, -0.2) is 4.98 Å². The molecule has 0 spiro atoms. The lowest BCUT2D eigenvalue weighted by molar-refractivity contribution is -0.118. The molecule has 0 aliphatic carbocycles. The lowest BCUT2D eigenvalue weighted by Crippen LogP contribution is -2.26. The van der Waals surface area contributed by atoms with Crippen LogP contribution in [0.15, 0.2) is 6.07 Å². The third-order valence-corrected chi connectivity index (χ3v) is 1.97. The Morgan fingerprint density at radius 1 is 1.47 bits per heavy atom. The van der Waals surface area contributed by atoms with E-state index in [4.69, 9.17) is 4.74 Å². The number of amides is 1. The molecule has 2 N–H and O–H groups in total. The first-order valence-corrected chi connectivity index (χ1v) is 5.58. The van der Waals surface area contributed by atoms with E-state index in [9.17, 15) is 4.79 Å². The Bertz CT molecular complexity index is 382. The van der Waals surface area contributed by atoms with E-state index in [1.54, 1.807) is 13.1 Å². The van der Waals surface area contributed by atoms with Gasteiger partial charge in [-0.3, -0.25) is 4.79 Å². The van der Waals surface area contributed by atoms with Gasteiger partial charge in [0.15, 0.2) is 0 Å². The second kappa shape index (κ2) is 6.67. The van der Waals surface area contributed by atoms with E-state index >= 15 is 0 Å². The summed E-state index contributed by atoms with van der Waals surface area (Å²) in [5.74, 6) is 0.810. The van der Waals surface area contributed by atoms with E-state index in [-0.39, 0.29) is 12.5 Å². The molecule has 1 aromatic rings. The van der Waals surface area contributed by atoms with Gasteiger partial charge in [-0.2, -0.15) is 4.98 Å². The van der Waals surface area contributed by atoms with Gasteiger partial charge in [-0.05, 0) is 13.3 Å². The van der Waals surface area contributed by atoms with Crippen LogP contribution >= 0.6 is 0 Å². The van der Waals surface area contributed by atoms with Crippen LogP contribution in [-0.2, 0) is 4.79 Å². The van der Waals surface area contributed by atoms with E-state index in [0.717, 1.165) is 12.1 Å². The van der Waals surface area contributed by atoms with Crippen LogP contribution in [-0.4, -0.2) is 36.1 Å². The third-order valence-electron chi connectivity index (χ3n) is 1.97. The zero-order chi connectivity index (χ0) is 12.7. The quantitative estimate of drug-likeness (QED) is 0.764. The van der Waals surface area contributed by atoms with Gasteiger partial charge in [0, 0.05) is 18.8 Å². The second-order valence-electron chi connectivity index (χ2n) is 3.55. The van der Waals surface area contributed by atoms with Crippen LogP contribution in [0.4, 0.5) is 5.95 Å². The highest BCUT2D eigenvalue weighted by molar-refractivity contribution is 5.79. The van der Waals surface area contributed by atoms with Crippen molar-refractivity contribution in [2.45, 2.75) is 20.3 Å². The zero-order valence-corrected chi connectivity index (χ0v) is 10.4. The lowest BCUT2D eigenvalue weighted by Gasteiger charge is -2.08. The molecule has 1 rings (SSSR count). The molecule has 1 heterocycles. The topological polar surface area (TPSA) is 76.1 Å². The molecule has 17 heavy (non-hydrogen) atoms. The van der Waals surface area contributed by atoms with Crippen molar-refractivity contribution < 1.29 is 9.53 Å². The van der Waals surface area contributed by atoms with Crippen LogP contribution in [0.2, 0.25) is 0 Å². The molecule has 0 fully saturated rings. The summed E-state index contributed by atoms with van der Waals surface area (Å²) in [6.07, 6.45) is 0.921. The number of nitrogens with zero attached hydrogens (tertiary/aromatic N) is 2. The molecule has 0 bridgehead atoms. The fraction of sp³-hybridized carbons (Fsp3) is 0.545. The van der Waals surface area contributed by atoms with Crippen LogP contribution in [0.25, 0.3) is 0 Å². The fourth-order valence-electron chi connectivity index (χ4n) is 1.15. The van der Waals surface area contributed by atoms with Gasteiger partial charge >= 0.3 is 0 Å². The highest BCUT2D eigenvalue weighted by Crippen LogP contribution is 2.11. The Balaban J connectivity index is 2.65. The minimum atomic E-state index is -0.119. The highest BCUT2D eigenvalue weighted by atomic mass is 16.5. The summed E-state index contributed by atoms with van der Waals surface area (Å²) in [5.41, 5.74) is 0.797. The number of aromatic nitrogens is 2. The molecule has 0 radical (unpaired) electrons. The number of nitrogens with one attached hydrogen (secondary N) is 2. The maximum absolute atomic E-state index is 11.1. The molecular formula is C11H18N4O2. The van der Waals surface area contributed by atoms with Crippen molar-refractivity contribution in [2.75, 3.05) is 25.5 Å². The number of rotatable bonds is 6. The summed E-state index contributed by atoms with van der Waals surface area (Å²) < 4.78 is 5.42. The molecule has 6 nitrogen and oxygen atoms in total. The van der Waals surface area contributed by atoms with Gasteiger partial charge in [0.25, 0.3) is 0 Å². The molecule has 94 valence electrons. The number of likely N-dealkylation sites (N-methyl/N-ethyl adjacent to an activating group) is 1. The maximum atomic E-state index is 11.1. The number of ether oxygens (including phenoxy) is 1. The molecule has 0 aromatic carbocycles. The first-order chi connectivity index (χ1) is 8.15. The molecule has 1 aromatic heterocycles. The van der Waals surface area contributed by atoms with Crippen molar-refractivity contribution in [3.05, 3.63) is 11.8 Å². The Morgan fingerprint density at radius 2 is 2.24 bits per heavy atom. The van der Waals surface area contributed by atoms with Crippen LogP contribution in [0.1, 0.15) is 19.0 Å². The largest absolute Gasteiger partial charge is 0.478 e. The minimum absolute atomic E-state index is 0.119. The molecule has 0 aliphatic heterocycles. The average molecular weight is 238 g/mol. The predicted molar refractivity (Wildman–Crippen MR) is 65.1 cm³/mol. The number of hydrogen-bond donors (Lipinski definition) is 2. The fourth-order valence-corrected chi connectivity index (χ4v) is 1.15. The molecule has 0 unspecified atom stereocenters. The highest BCUT2D eigenvalue weighted by Gasteiger charge is 2.04. The standard InChI is InChI=1S/C11H18N4O2/c1-4-5-17-10-6-8(2)14-11(15-10)13-7-9(16)12-3/h6H,4-5,7H2,1-3H3,(H,12,16)(H,13,14,15). The summed E-state index contributed by atoms with van der Waals surface area (Å²) in [6, 6.07) is 1.76. The van der Waals surface area contributed by atoms with Gasteiger partial charge in [-0.15, -0.1) is 0 Å². The molecular weight excluding hydrogens is 220 g/mol. The summed E-state index contributed by atoms with van der Waals surface area (Å²) in [6.45, 7) is 4.64. The Labute approximate surface area is 101 Å². The number of anilines is 1. The normalized spacial score (nSPS) is 9.82. The monoisotopic (exact) mass is 238 g/mol. The third kappa shape index (κ3) is 4.67. The number of hydrogen-bond acceptors (Lipinski definition) is 5. The SMILES string of the molecule is CCCOc1cc(C)nc(NCC(=O)NC)n1. The van der Waals surface area contributed by atoms with Gasteiger partial charge in [0.2, 0.25) is 17.7 Å². The summed E-state index contributed by atoms with van der Waals surface area (Å²) >= 11 is 0. The second-order valence-corrected chi connectivity index (χ2v) is 3.55. The van der Waals surface area contributed by atoms with Crippen molar-refractivity contribution in [3.63, 3.8) is 0 Å². The first kappa shape index (κ1) is 13.2. The smallest absolute Gasteiger partial charge is 0.239 e. The van der Waals surface area contributed by atoms with Gasteiger partial charge in [0.1, 0.15) is 0 Å². The van der Waals surface area contributed by atoms with Gasteiger partial charge in [-0.1, -0.05) is 6.92 Å². The zero-order valence-electron chi connectivity index (χ0n) is 10.4. The van der Waals surface area contributed by atoms with E-state index in [2.05, 4.69) is 20.6 Å². The van der Waals surface area contributed by atoms with Crippen LogP contribution in [0, 0.1) is 6.92 Å². The molecule has 0 atom stereocenters. The van der Waals surface area contributed by atoms with Crippen LogP contribution in [0.3, 0.4) is 0 Å². The van der Waals surface area contributed by atoms with Crippen molar-refractivity contribution >= 4 is 11.9 Å². The minimum Gasteiger partial charge on any atom is -0.478 e. The van der Waals surface area contributed by atoms with E-state index in [1.807, 2.05) is 13.8 Å². The van der Waals surface area contributed by atoms with E-state index in [1.165, 1.54) is 0 Å². The summed E-state index contributed by atoms with van der Waals surface area (Å²) in [4.78, 5) is 19.4. The van der Waals surface area contributed by atoms with Crippen molar-refractivity contribution in [3.8, 4) is 5.88 Å². The van der Waals surface area contributed by atoms with Gasteiger partial charge in [0.05, 0.1) is 13.2 Å². The van der Waals surface area contributed by atoms with Crippen LogP contribution < -0.4 is 15.4 Å². The summed E-state index contributed by atoms with van der Waals surface area (Å²) in [5, 5.41) is 5.35. The van der Waals surface area contributed by atoms with Crippen molar-refractivity contribution in [2.24, 2.45) is 0 Å².